The standard InChI is InChI=1S/C18H28N2O7/c1-18(2,3)27-17(22)19-13(11-12-9-7-6-8-10-12)15(21)14(20(23)24)16(25-4)26-5/h6-10,13-16,21H,11H2,1-5H3,(H,19,22)/t13-,14-,15+/m0/s1. The molecule has 9 nitrogen and oxygen atoms in total. The highest BCUT2D eigenvalue weighted by Gasteiger charge is 2.44. The molecule has 27 heavy (non-hydrogen) atoms. The number of aliphatic hydroxyl groups is 1. The molecule has 1 aromatic rings. The fourth-order valence-corrected chi connectivity index (χ4v) is 2.58. The molecule has 0 aliphatic rings. The molecule has 1 amide bonds. The minimum Gasteiger partial charge on any atom is -0.444 e. The predicted molar refractivity (Wildman–Crippen MR) is 97.9 cm³/mol. The zero-order valence-electron chi connectivity index (χ0n) is 16.2. The highest BCUT2D eigenvalue weighted by molar-refractivity contribution is 5.68. The van der Waals surface area contributed by atoms with E-state index in [0.29, 0.717) is 0 Å². The fourth-order valence-electron chi connectivity index (χ4n) is 2.58. The Morgan fingerprint density at radius 1 is 1.22 bits per heavy atom. The molecule has 9 heteroatoms. The topological polar surface area (TPSA) is 120 Å². The van der Waals surface area contributed by atoms with Crippen LogP contribution in [0.4, 0.5) is 4.79 Å². The van der Waals surface area contributed by atoms with Crippen molar-refractivity contribution >= 4 is 6.09 Å². The monoisotopic (exact) mass is 384 g/mol. The van der Waals surface area contributed by atoms with Crippen LogP contribution in [0, 0.1) is 10.1 Å². The van der Waals surface area contributed by atoms with Gasteiger partial charge >= 0.3 is 6.09 Å². The third kappa shape index (κ3) is 7.49. The van der Waals surface area contributed by atoms with Gasteiger partial charge in [-0.3, -0.25) is 10.1 Å². The van der Waals surface area contributed by atoms with Crippen molar-refractivity contribution in [3.8, 4) is 0 Å². The third-order valence-electron chi connectivity index (χ3n) is 3.75. The van der Waals surface area contributed by atoms with Crippen molar-refractivity contribution in [1.29, 1.82) is 0 Å². The van der Waals surface area contributed by atoms with E-state index in [-0.39, 0.29) is 6.42 Å². The van der Waals surface area contributed by atoms with Crippen LogP contribution in [0.1, 0.15) is 26.3 Å². The molecule has 152 valence electrons. The SMILES string of the molecule is COC(OC)[C@H]([C@H](O)[C@H](Cc1ccccc1)NC(=O)OC(C)(C)C)[N+](=O)[O-]. The van der Waals surface area contributed by atoms with Crippen LogP contribution in [0.3, 0.4) is 0 Å². The first-order valence-electron chi connectivity index (χ1n) is 8.49. The zero-order valence-corrected chi connectivity index (χ0v) is 16.2. The lowest BCUT2D eigenvalue weighted by molar-refractivity contribution is -0.560. The van der Waals surface area contributed by atoms with Crippen LogP contribution >= 0.6 is 0 Å². The number of hydrogen-bond acceptors (Lipinski definition) is 7. The van der Waals surface area contributed by atoms with Gasteiger partial charge in [-0.15, -0.1) is 0 Å². The van der Waals surface area contributed by atoms with Crippen LogP contribution in [0.5, 0.6) is 0 Å². The third-order valence-corrected chi connectivity index (χ3v) is 3.75. The summed E-state index contributed by atoms with van der Waals surface area (Å²) in [6.45, 7) is 5.09. The Morgan fingerprint density at radius 2 is 1.78 bits per heavy atom. The molecule has 0 aliphatic carbocycles. The lowest BCUT2D eigenvalue weighted by atomic mass is 9.96. The minimum absolute atomic E-state index is 0.158. The van der Waals surface area contributed by atoms with Gasteiger partial charge in [0, 0.05) is 19.1 Å². The van der Waals surface area contributed by atoms with E-state index in [1.54, 1.807) is 45.0 Å². The van der Waals surface area contributed by atoms with E-state index >= 15 is 0 Å². The summed E-state index contributed by atoms with van der Waals surface area (Å²) in [6, 6.07) is 6.40. The van der Waals surface area contributed by atoms with E-state index < -0.39 is 41.1 Å². The second-order valence-corrected chi connectivity index (χ2v) is 7.05. The summed E-state index contributed by atoms with van der Waals surface area (Å²) >= 11 is 0. The molecule has 0 saturated heterocycles. The number of alkyl carbamates (subject to hydrolysis) is 1. The van der Waals surface area contributed by atoms with E-state index in [0.717, 1.165) is 5.56 Å². The maximum absolute atomic E-state index is 12.2. The van der Waals surface area contributed by atoms with Gasteiger partial charge in [0.25, 0.3) is 6.04 Å². The van der Waals surface area contributed by atoms with Crippen molar-refractivity contribution in [2.24, 2.45) is 0 Å². The number of aliphatic hydroxyl groups excluding tert-OH is 1. The quantitative estimate of drug-likeness (QED) is 0.378. The average molecular weight is 384 g/mol. The van der Waals surface area contributed by atoms with Crippen LogP contribution in [0.15, 0.2) is 30.3 Å². The Morgan fingerprint density at radius 3 is 2.22 bits per heavy atom. The van der Waals surface area contributed by atoms with E-state index in [2.05, 4.69) is 5.32 Å². The van der Waals surface area contributed by atoms with Crippen molar-refractivity contribution < 1.29 is 29.0 Å². The van der Waals surface area contributed by atoms with E-state index in [4.69, 9.17) is 14.2 Å². The normalized spacial score (nSPS) is 15.1. The predicted octanol–water partition coefficient (Wildman–Crippen LogP) is 1.75. The summed E-state index contributed by atoms with van der Waals surface area (Å²) in [6.07, 6.45) is -3.49. The number of nitrogens with zero attached hydrogens (tertiary/aromatic N) is 1. The number of nitrogens with one attached hydrogen (secondary N) is 1. The van der Waals surface area contributed by atoms with Gasteiger partial charge in [-0.1, -0.05) is 30.3 Å². The van der Waals surface area contributed by atoms with Crippen LogP contribution in [0.2, 0.25) is 0 Å². The van der Waals surface area contributed by atoms with Crippen LogP contribution in [-0.4, -0.2) is 60.4 Å². The summed E-state index contributed by atoms with van der Waals surface area (Å²) in [5, 5.41) is 24.8. The van der Waals surface area contributed by atoms with Crippen molar-refractivity contribution in [3.63, 3.8) is 0 Å². The number of methoxy groups -OCH3 is 2. The highest BCUT2D eigenvalue weighted by atomic mass is 16.7. The van der Waals surface area contributed by atoms with Crippen LogP contribution in [0.25, 0.3) is 0 Å². The largest absolute Gasteiger partial charge is 0.444 e. The van der Waals surface area contributed by atoms with Gasteiger partial charge in [-0.25, -0.2) is 4.79 Å². The molecular formula is C18H28N2O7. The van der Waals surface area contributed by atoms with Crippen molar-refractivity contribution in [1.82, 2.24) is 5.32 Å². The molecule has 0 spiro atoms. The van der Waals surface area contributed by atoms with Gasteiger partial charge in [0.05, 0.1) is 6.04 Å². The highest BCUT2D eigenvalue weighted by Crippen LogP contribution is 2.16. The summed E-state index contributed by atoms with van der Waals surface area (Å²) in [5.41, 5.74) is 0.0299. The molecule has 0 heterocycles. The molecule has 0 unspecified atom stereocenters. The molecule has 0 bridgehead atoms. The minimum atomic E-state index is -1.61. The smallest absolute Gasteiger partial charge is 0.407 e. The van der Waals surface area contributed by atoms with Crippen molar-refractivity contribution in [3.05, 3.63) is 46.0 Å². The number of amides is 1. The molecule has 0 aromatic heterocycles. The summed E-state index contributed by atoms with van der Waals surface area (Å²) in [7, 11) is 2.48. The fraction of sp³-hybridized carbons (Fsp3) is 0.611. The second kappa shape index (κ2) is 10.2. The number of hydrogen-bond donors (Lipinski definition) is 2. The van der Waals surface area contributed by atoms with E-state index in [9.17, 15) is 20.0 Å². The van der Waals surface area contributed by atoms with Crippen molar-refractivity contribution in [2.75, 3.05) is 14.2 Å². The Balaban J connectivity index is 3.09. The Bertz CT molecular complexity index is 599. The first-order valence-corrected chi connectivity index (χ1v) is 8.49. The summed E-state index contributed by atoms with van der Waals surface area (Å²) in [4.78, 5) is 23.0. The molecule has 0 fully saturated rings. The number of rotatable bonds is 9. The summed E-state index contributed by atoms with van der Waals surface area (Å²) in [5.74, 6) is 0. The van der Waals surface area contributed by atoms with Gasteiger partial charge in [0.15, 0.2) is 0 Å². The van der Waals surface area contributed by atoms with E-state index in [1.807, 2.05) is 6.07 Å². The van der Waals surface area contributed by atoms with Crippen LogP contribution < -0.4 is 5.32 Å². The first-order chi connectivity index (χ1) is 12.6. The Kier molecular flexibility index (Phi) is 8.61. The molecule has 1 rings (SSSR count). The zero-order chi connectivity index (χ0) is 20.6. The Labute approximate surface area is 158 Å². The molecule has 0 saturated carbocycles. The number of benzene rings is 1. The average Bonchev–Trinajstić information content (AvgIpc) is 2.57. The first kappa shape index (κ1) is 22.8. The maximum atomic E-state index is 12.2. The molecule has 2 N–H and O–H groups in total. The van der Waals surface area contributed by atoms with Gasteiger partial charge < -0.3 is 24.6 Å². The van der Waals surface area contributed by atoms with Crippen molar-refractivity contribution in [2.45, 2.75) is 57.3 Å². The molecule has 0 aliphatic heterocycles. The lowest BCUT2D eigenvalue weighted by Gasteiger charge is -2.30. The molecule has 1 aromatic carbocycles. The van der Waals surface area contributed by atoms with Gasteiger partial charge in [-0.05, 0) is 32.8 Å². The van der Waals surface area contributed by atoms with Crippen LogP contribution in [-0.2, 0) is 20.6 Å². The number of ether oxygens (including phenoxy) is 3. The second-order valence-electron chi connectivity index (χ2n) is 7.05. The molecular weight excluding hydrogens is 356 g/mol. The maximum Gasteiger partial charge on any atom is 0.407 e. The number of nitro groups is 1. The molecule has 0 radical (unpaired) electrons. The number of carbonyl (C=O) groups excluding carboxylic acids is 1. The molecule has 3 atom stereocenters. The number of carbonyl (C=O) groups is 1. The lowest BCUT2D eigenvalue weighted by Crippen LogP contribution is -2.56. The summed E-state index contributed by atoms with van der Waals surface area (Å²) < 4.78 is 15.1. The van der Waals surface area contributed by atoms with Gasteiger partial charge in [0.1, 0.15) is 11.7 Å². The van der Waals surface area contributed by atoms with Gasteiger partial charge in [-0.2, -0.15) is 0 Å². The van der Waals surface area contributed by atoms with E-state index in [1.165, 1.54) is 14.2 Å². The Hall–Kier alpha value is -2.23. The van der Waals surface area contributed by atoms with Gasteiger partial charge in [0.2, 0.25) is 6.29 Å².